The van der Waals surface area contributed by atoms with Crippen LogP contribution in [0.2, 0.25) is 0 Å². The number of nitrogens with one attached hydrogen (secondary N) is 7. The third kappa shape index (κ3) is 10.4. The van der Waals surface area contributed by atoms with Crippen molar-refractivity contribution >= 4 is 57.4 Å². The number of para-hydroxylation sites is 1. The smallest absolute Gasteiger partial charge is 0.245 e. The van der Waals surface area contributed by atoms with Crippen LogP contribution in [0.5, 0.6) is 0 Å². The standard InChI is InChI=1S/C41H52FN9O7/c1-22(2)16-33-41(58)51-21-26(52)19-34(51)40(57)43-15-7-6-10-30(48-36(53)14-13-35-46-29-12-11-25(42)18-31(29)47-35)38(55)45-23(3)37(54)49-32(39(56)50-33)17-24-20-44-28-9-5-4-8-27(24)28/h4-5,8-9,11-12,18,20,22-23,26,30,32-34,44,52H,6-7,10,13-17,19,21H2,1-3H3,(H,43,57)(H,45,55)(H,46,47)(H,48,53)(H,49,54)(H,50,56)/t23-,26-,30+,32+,33-,34+/m1/s1. The van der Waals surface area contributed by atoms with Crippen molar-refractivity contribution in [2.45, 2.75) is 108 Å². The van der Waals surface area contributed by atoms with Crippen molar-refractivity contribution < 1.29 is 38.3 Å². The van der Waals surface area contributed by atoms with Gasteiger partial charge >= 0.3 is 0 Å². The van der Waals surface area contributed by atoms with E-state index in [4.69, 9.17) is 0 Å². The number of amides is 6. The van der Waals surface area contributed by atoms with E-state index in [1.807, 2.05) is 38.1 Å². The molecule has 2 aliphatic heterocycles. The highest BCUT2D eigenvalue weighted by molar-refractivity contribution is 5.97. The summed E-state index contributed by atoms with van der Waals surface area (Å²) in [6.07, 6.45) is 2.23. The van der Waals surface area contributed by atoms with E-state index >= 15 is 0 Å². The first kappa shape index (κ1) is 41.8. The van der Waals surface area contributed by atoms with Crippen molar-refractivity contribution in [3.63, 3.8) is 0 Å². The van der Waals surface area contributed by atoms with Gasteiger partial charge in [0.25, 0.3) is 0 Å². The first-order valence-electron chi connectivity index (χ1n) is 19.9. The molecule has 17 heteroatoms. The van der Waals surface area contributed by atoms with Crippen LogP contribution >= 0.6 is 0 Å². The van der Waals surface area contributed by atoms with Crippen molar-refractivity contribution in [2.24, 2.45) is 5.92 Å². The highest BCUT2D eigenvalue weighted by Gasteiger charge is 2.42. The van der Waals surface area contributed by atoms with Gasteiger partial charge in [0.2, 0.25) is 35.4 Å². The van der Waals surface area contributed by atoms with E-state index in [-0.39, 0.29) is 57.5 Å². The molecule has 0 radical (unpaired) electrons. The maximum absolute atomic E-state index is 14.2. The summed E-state index contributed by atoms with van der Waals surface area (Å²) in [7, 11) is 0. The van der Waals surface area contributed by atoms with Crippen LogP contribution in [0.15, 0.2) is 48.7 Å². The highest BCUT2D eigenvalue weighted by Crippen LogP contribution is 2.23. The molecule has 0 saturated carbocycles. The number of rotatable bonds is 8. The molecule has 2 aromatic carbocycles. The van der Waals surface area contributed by atoms with E-state index in [1.54, 1.807) is 6.20 Å². The molecule has 310 valence electrons. The van der Waals surface area contributed by atoms with Gasteiger partial charge in [0.15, 0.2) is 0 Å². The molecule has 2 fully saturated rings. The van der Waals surface area contributed by atoms with E-state index in [2.05, 4.69) is 41.5 Å². The minimum atomic E-state index is -1.19. The number of benzene rings is 2. The second kappa shape index (κ2) is 18.6. The number of halogens is 1. The minimum Gasteiger partial charge on any atom is -0.391 e. The van der Waals surface area contributed by atoms with Crippen molar-refractivity contribution in [2.75, 3.05) is 13.1 Å². The van der Waals surface area contributed by atoms with Gasteiger partial charge in [0, 0.05) is 55.9 Å². The number of nitrogens with zero attached hydrogens (tertiary/aromatic N) is 2. The normalized spacial score (nSPS) is 24.4. The second-order valence-electron chi connectivity index (χ2n) is 15.7. The molecule has 8 N–H and O–H groups in total. The van der Waals surface area contributed by atoms with Gasteiger partial charge in [0.05, 0.1) is 17.1 Å². The Balaban J connectivity index is 1.23. The molecule has 0 unspecified atom stereocenters. The zero-order valence-electron chi connectivity index (χ0n) is 32.9. The lowest BCUT2D eigenvalue weighted by Gasteiger charge is -2.30. The zero-order valence-corrected chi connectivity index (χ0v) is 32.9. The van der Waals surface area contributed by atoms with Gasteiger partial charge in [0.1, 0.15) is 41.9 Å². The van der Waals surface area contributed by atoms with Crippen LogP contribution in [0.25, 0.3) is 21.9 Å². The lowest BCUT2D eigenvalue weighted by molar-refractivity contribution is -0.142. The van der Waals surface area contributed by atoms with E-state index in [0.29, 0.717) is 29.7 Å². The van der Waals surface area contributed by atoms with Gasteiger partial charge in [-0.15, -0.1) is 0 Å². The van der Waals surface area contributed by atoms with Crippen LogP contribution in [-0.2, 0) is 41.6 Å². The number of carbonyl (C=O) groups is 6. The van der Waals surface area contributed by atoms with Crippen LogP contribution in [0, 0.1) is 11.7 Å². The number of carbonyl (C=O) groups excluding carboxylic acids is 6. The number of fused-ring (bicyclic) bond motifs is 3. The summed E-state index contributed by atoms with van der Waals surface area (Å²) in [5, 5.41) is 25.4. The van der Waals surface area contributed by atoms with Crippen LogP contribution < -0.4 is 26.6 Å². The minimum absolute atomic E-state index is 0.0241. The average molecular weight is 802 g/mol. The van der Waals surface area contributed by atoms with Gasteiger partial charge in [-0.05, 0) is 68.4 Å². The van der Waals surface area contributed by atoms with E-state index in [9.17, 15) is 38.3 Å². The van der Waals surface area contributed by atoms with Crippen molar-refractivity contribution in [1.82, 2.24) is 46.4 Å². The van der Waals surface area contributed by atoms with E-state index < -0.39 is 77.6 Å². The molecule has 4 heterocycles. The average Bonchev–Trinajstić information content (AvgIpc) is 3.91. The molecule has 2 saturated heterocycles. The summed E-state index contributed by atoms with van der Waals surface area (Å²) in [6, 6.07) is 6.21. The quantitative estimate of drug-likeness (QED) is 0.130. The van der Waals surface area contributed by atoms with E-state index in [1.165, 1.54) is 30.0 Å². The van der Waals surface area contributed by atoms with Crippen LogP contribution in [0.3, 0.4) is 0 Å². The molecule has 6 amide bonds. The number of aromatic amines is 2. The predicted octanol–water partition coefficient (Wildman–Crippen LogP) is 1.63. The fourth-order valence-corrected chi connectivity index (χ4v) is 7.60. The van der Waals surface area contributed by atoms with Crippen molar-refractivity contribution in [3.8, 4) is 0 Å². The Labute approximate surface area is 334 Å². The lowest BCUT2D eigenvalue weighted by atomic mass is 10.00. The Morgan fingerprint density at radius 2 is 1.74 bits per heavy atom. The molecule has 2 aromatic heterocycles. The highest BCUT2D eigenvalue weighted by atomic mass is 19.1. The van der Waals surface area contributed by atoms with Gasteiger partial charge < -0.3 is 46.6 Å². The lowest BCUT2D eigenvalue weighted by Crippen LogP contribution is -2.59. The third-order valence-electron chi connectivity index (χ3n) is 10.6. The number of aromatic nitrogens is 3. The number of aryl methyl sites for hydroxylation is 1. The van der Waals surface area contributed by atoms with Crippen molar-refractivity contribution in [1.29, 1.82) is 0 Å². The zero-order chi connectivity index (χ0) is 41.5. The Morgan fingerprint density at radius 3 is 2.53 bits per heavy atom. The predicted molar refractivity (Wildman–Crippen MR) is 212 cm³/mol. The van der Waals surface area contributed by atoms with Gasteiger partial charge in [-0.3, -0.25) is 28.8 Å². The Hall–Kier alpha value is -5.84. The first-order valence-corrected chi connectivity index (χ1v) is 19.9. The summed E-state index contributed by atoms with van der Waals surface area (Å²) < 4.78 is 13.7. The number of H-pyrrole nitrogens is 2. The fraction of sp³-hybridized carbons (Fsp3) is 0.488. The first-order chi connectivity index (χ1) is 27.7. The molecular weight excluding hydrogens is 750 g/mol. The Morgan fingerprint density at radius 1 is 0.966 bits per heavy atom. The van der Waals surface area contributed by atoms with E-state index in [0.717, 1.165) is 16.5 Å². The fourth-order valence-electron chi connectivity index (χ4n) is 7.60. The molecule has 0 spiro atoms. The molecule has 16 nitrogen and oxygen atoms in total. The second-order valence-corrected chi connectivity index (χ2v) is 15.7. The number of hydrogen-bond donors (Lipinski definition) is 8. The molecule has 6 atom stereocenters. The summed E-state index contributed by atoms with van der Waals surface area (Å²) in [5.74, 6) is -3.34. The molecule has 6 rings (SSSR count). The third-order valence-corrected chi connectivity index (χ3v) is 10.6. The molecule has 2 aliphatic rings. The molecule has 0 aliphatic carbocycles. The SMILES string of the molecule is CC(C)C[C@H]1NC(=O)[C@H](Cc2c[nH]c3ccccc23)NC(=O)[C@@H](C)NC(=O)[C@@H](NC(=O)CCc2nc3ccc(F)cc3[nH]2)CCCCNC(=O)[C@@H]2C[C@@H](O)CN2C1=O. The number of hydrogen-bond acceptors (Lipinski definition) is 8. The van der Waals surface area contributed by atoms with Gasteiger partial charge in [-0.1, -0.05) is 32.0 Å². The van der Waals surface area contributed by atoms with Crippen LogP contribution in [0.4, 0.5) is 4.39 Å². The van der Waals surface area contributed by atoms with Crippen LogP contribution in [-0.4, -0.2) is 110 Å². The van der Waals surface area contributed by atoms with Gasteiger partial charge in [-0.25, -0.2) is 9.37 Å². The summed E-state index contributed by atoms with van der Waals surface area (Å²) >= 11 is 0. The number of imidazole rings is 1. The van der Waals surface area contributed by atoms with Gasteiger partial charge in [-0.2, -0.15) is 0 Å². The summed E-state index contributed by atoms with van der Waals surface area (Å²) in [6.45, 7) is 5.37. The Kier molecular flexibility index (Phi) is 13.4. The molecule has 4 aromatic rings. The van der Waals surface area contributed by atoms with Crippen LogP contribution in [0.1, 0.15) is 70.7 Å². The Bertz CT molecular complexity index is 2150. The molecular formula is C41H52FN9O7. The maximum Gasteiger partial charge on any atom is 0.245 e. The maximum atomic E-state index is 14.2. The summed E-state index contributed by atoms with van der Waals surface area (Å²) in [5.41, 5.74) is 2.60. The van der Waals surface area contributed by atoms with Crippen molar-refractivity contribution in [3.05, 3.63) is 65.9 Å². The molecule has 0 bridgehead atoms. The summed E-state index contributed by atoms with van der Waals surface area (Å²) in [4.78, 5) is 94.4. The number of aliphatic hydroxyl groups excluding tert-OH is 1. The monoisotopic (exact) mass is 801 g/mol. The number of aliphatic hydroxyl groups is 1. The molecule has 58 heavy (non-hydrogen) atoms. The topological polar surface area (TPSA) is 231 Å². The largest absolute Gasteiger partial charge is 0.391 e.